The van der Waals surface area contributed by atoms with Gasteiger partial charge >= 0.3 is 0 Å². The van der Waals surface area contributed by atoms with E-state index in [-0.39, 0.29) is 6.04 Å². The first-order chi connectivity index (χ1) is 11.7. The summed E-state index contributed by atoms with van der Waals surface area (Å²) in [4.78, 5) is 2.20. The number of para-hydroxylation sites is 2. The summed E-state index contributed by atoms with van der Waals surface area (Å²) in [5.74, 6) is 1.69. The summed E-state index contributed by atoms with van der Waals surface area (Å²) in [5, 5.41) is 12.1. The van der Waals surface area contributed by atoms with E-state index < -0.39 is 0 Å². The van der Waals surface area contributed by atoms with Crippen LogP contribution in [0.25, 0.3) is 5.69 Å². The van der Waals surface area contributed by atoms with Crippen molar-refractivity contribution in [3.05, 3.63) is 66.0 Å². The molecule has 3 aromatic rings. The van der Waals surface area contributed by atoms with Gasteiger partial charge in [0.2, 0.25) is 0 Å². The molecule has 124 valence electrons. The van der Waals surface area contributed by atoms with Crippen molar-refractivity contribution in [1.29, 1.82) is 0 Å². The molecule has 0 saturated heterocycles. The largest absolute Gasteiger partial charge is 0.496 e. The molecule has 0 unspecified atom stereocenters. The first-order valence-corrected chi connectivity index (χ1v) is 7.86. The number of nitrogens with zero attached hydrogens (tertiary/aromatic N) is 5. The van der Waals surface area contributed by atoms with Crippen LogP contribution in [0.5, 0.6) is 5.75 Å². The Hall–Kier alpha value is -2.73. The molecule has 0 spiro atoms. The third-order valence-electron chi connectivity index (χ3n) is 4.18. The fraction of sp³-hybridized carbons (Fsp3) is 0.278. The summed E-state index contributed by atoms with van der Waals surface area (Å²) in [5.41, 5.74) is 2.09. The van der Waals surface area contributed by atoms with Gasteiger partial charge in [0.05, 0.1) is 19.3 Å². The molecule has 2 aromatic carbocycles. The maximum Gasteiger partial charge on any atom is 0.170 e. The summed E-state index contributed by atoms with van der Waals surface area (Å²) >= 11 is 0. The molecular weight excluding hydrogens is 302 g/mol. The van der Waals surface area contributed by atoms with E-state index in [4.69, 9.17) is 4.74 Å². The predicted molar refractivity (Wildman–Crippen MR) is 92.0 cm³/mol. The van der Waals surface area contributed by atoms with Gasteiger partial charge in [0.1, 0.15) is 5.75 Å². The minimum atomic E-state index is 0.169. The van der Waals surface area contributed by atoms with Gasteiger partial charge in [-0.3, -0.25) is 4.90 Å². The summed E-state index contributed by atoms with van der Waals surface area (Å²) in [6.07, 6.45) is 0. The SMILES string of the molecule is COc1ccccc1[C@H](C)N(C)Cc1nnnn1-c1ccccc1. The first-order valence-electron chi connectivity index (χ1n) is 7.86. The van der Waals surface area contributed by atoms with Crippen molar-refractivity contribution in [2.75, 3.05) is 14.2 Å². The van der Waals surface area contributed by atoms with Gasteiger partial charge in [0.25, 0.3) is 0 Å². The lowest BCUT2D eigenvalue weighted by atomic mass is 10.1. The van der Waals surface area contributed by atoms with Crippen LogP contribution in [0, 0.1) is 0 Å². The third kappa shape index (κ3) is 3.28. The maximum atomic E-state index is 5.47. The van der Waals surface area contributed by atoms with E-state index in [1.54, 1.807) is 11.8 Å². The molecule has 0 fully saturated rings. The lowest BCUT2D eigenvalue weighted by Crippen LogP contribution is -2.24. The molecule has 0 amide bonds. The molecule has 3 rings (SSSR count). The van der Waals surface area contributed by atoms with E-state index >= 15 is 0 Å². The smallest absolute Gasteiger partial charge is 0.170 e. The van der Waals surface area contributed by atoms with Crippen LogP contribution >= 0.6 is 0 Å². The molecule has 0 aliphatic heterocycles. The second-order valence-corrected chi connectivity index (χ2v) is 5.68. The number of ether oxygens (including phenoxy) is 1. The zero-order chi connectivity index (χ0) is 16.9. The zero-order valence-electron chi connectivity index (χ0n) is 14.1. The van der Waals surface area contributed by atoms with Gasteiger partial charge in [-0.2, -0.15) is 4.68 Å². The van der Waals surface area contributed by atoms with Crippen molar-refractivity contribution in [3.8, 4) is 11.4 Å². The average Bonchev–Trinajstić information content (AvgIpc) is 3.09. The first kappa shape index (κ1) is 16.1. The molecule has 0 aliphatic rings. The Labute approximate surface area is 141 Å². The van der Waals surface area contributed by atoms with Gasteiger partial charge < -0.3 is 4.74 Å². The highest BCUT2D eigenvalue weighted by Gasteiger charge is 2.18. The minimum Gasteiger partial charge on any atom is -0.496 e. The van der Waals surface area contributed by atoms with Gasteiger partial charge in [0.15, 0.2) is 5.82 Å². The van der Waals surface area contributed by atoms with Gasteiger partial charge in [0, 0.05) is 11.6 Å². The molecule has 6 heteroatoms. The van der Waals surface area contributed by atoms with Gasteiger partial charge in [-0.25, -0.2) is 0 Å². The number of aromatic nitrogens is 4. The van der Waals surface area contributed by atoms with Crippen LogP contribution in [0.1, 0.15) is 24.4 Å². The lowest BCUT2D eigenvalue weighted by Gasteiger charge is -2.25. The number of hydrogen-bond acceptors (Lipinski definition) is 5. The monoisotopic (exact) mass is 323 g/mol. The highest BCUT2D eigenvalue weighted by Crippen LogP contribution is 2.28. The van der Waals surface area contributed by atoms with Crippen molar-refractivity contribution in [3.63, 3.8) is 0 Å². The Morgan fingerprint density at radius 1 is 1.08 bits per heavy atom. The Morgan fingerprint density at radius 3 is 2.54 bits per heavy atom. The molecule has 1 aromatic heterocycles. The van der Waals surface area contributed by atoms with Gasteiger partial charge in [-0.05, 0) is 42.6 Å². The molecule has 1 heterocycles. The number of methoxy groups -OCH3 is 1. The average molecular weight is 323 g/mol. The lowest BCUT2D eigenvalue weighted by molar-refractivity contribution is 0.239. The second kappa shape index (κ2) is 7.23. The Morgan fingerprint density at radius 2 is 1.79 bits per heavy atom. The summed E-state index contributed by atoms with van der Waals surface area (Å²) in [7, 11) is 3.75. The predicted octanol–water partition coefficient (Wildman–Crippen LogP) is 2.86. The quantitative estimate of drug-likeness (QED) is 0.698. The standard InChI is InChI=1S/C18H21N5O/c1-14(16-11-7-8-12-17(16)24-3)22(2)13-18-19-20-21-23(18)15-9-5-4-6-10-15/h4-12,14H,13H2,1-3H3/t14-/m0/s1. The third-order valence-corrected chi connectivity index (χ3v) is 4.18. The number of rotatable bonds is 6. The molecule has 0 aliphatic carbocycles. The summed E-state index contributed by atoms with van der Waals surface area (Å²) in [6.45, 7) is 2.77. The van der Waals surface area contributed by atoms with E-state index in [2.05, 4.69) is 40.5 Å². The molecule has 0 saturated carbocycles. The van der Waals surface area contributed by atoms with Gasteiger partial charge in [-0.15, -0.1) is 5.10 Å². The van der Waals surface area contributed by atoms with Crippen molar-refractivity contribution in [1.82, 2.24) is 25.1 Å². The molecule has 1 atom stereocenters. The van der Waals surface area contributed by atoms with E-state index in [1.807, 2.05) is 48.5 Å². The number of tetrazole rings is 1. The highest BCUT2D eigenvalue weighted by atomic mass is 16.5. The molecule has 24 heavy (non-hydrogen) atoms. The maximum absolute atomic E-state index is 5.47. The Kier molecular flexibility index (Phi) is 4.86. The van der Waals surface area contributed by atoms with Gasteiger partial charge in [-0.1, -0.05) is 36.4 Å². The van der Waals surface area contributed by atoms with Crippen molar-refractivity contribution >= 4 is 0 Å². The van der Waals surface area contributed by atoms with Crippen LogP contribution < -0.4 is 4.74 Å². The molecule has 0 N–H and O–H groups in total. The van der Waals surface area contributed by atoms with Crippen LogP contribution in [0.2, 0.25) is 0 Å². The zero-order valence-corrected chi connectivity index (χ0v) is 14.1. The number of benzene rings is 2. The van der Waals surface area contributed by atoms with Crippen LogP contribution in [-0.2, 0) is 6.54 Å². The molecule has 0 bridgehead atoms. The Bertz CT molecular complexity index is 787. The van der Waals surface area contributed by atoms with Crippen LogP contribution in [0.3, 0.4) is 0 Å². The number of hydrogen-bond donors (Lipinski definition) is 0. The van der Waals surface area contributed by atoms with Crippen LogP contribution in [0.15, 0.2) is 54.6 Å². The van der Waals surface area contributed by atoms with E-state index in [1.165, 1.54) is 0 Å². The summed E-state index contributed by atoms with van der Waals surface area (Å²) in [6, 6.07) is 18.1. The molecular formula is C18H21N5O. The summed E-state index contributed by atoms with van der Waals surface area (Å²) < 4.78 is 7.24. The van der Waals surface area contributed by atoms with Crippen molar-refractivity contribution < 1.29 is 4.74 Å². The van der Waals surface area contributed by atoms with E-state index in [9.17, 15) is 0 Å². The van der Waals surface area contributed by atoms with E-state index in [0.717, 1.165) is 22.8 Å². The second-order valence-electron chi connectivity index (χ2n) is 5.68. The van der Waals surface area contributed by atoms with Crippen molar-refractivity contribution in [2.45, 2.75) is 19.5 Å². The Balaban J connectivity index is 1.81. The topological polar surface area (TPSA) is 56.1 Å². The fourth-order valence-electron chi connectivity index (χ4n) is 2.68. The van der Waals surface area contributed by atoms with Crippen LogP contribution in [0.4, 0.5) is 0 Å². The highest BCUT2D eigenvalue weighted by molar-refractivity contribution is 5.35. The molecule has 6 nitrogen and oxygen atoms in total. The van der Waals surface area contributed by atoms with E-state index in [0.29, 0.717) is 6.54 Å². The van der Waals surface area contributed by atoms with Crippen molar-refractivity contribution in [2.24, 2.45) is 0 Å². The fourth-order valence-corrected chi connectivity index (χ4v) is 2.68. The normalized spacial score (nSPS) is 12.3. The van der Waals surface area contributed by atoms with Crippen LogP contribution in [-0.4, -0.2) is 39.3 Å². The minimum absolute atomic E-state index is 0.169. The molecule has 0 radical (unpaired) electrons.